The fraction of sp³-hybridized carbons (Fsp3) is 0.538. The lowest BCUT2D eigenvalue weighted by atomic mass is 9.95. The van der Waals surface area contributed by atoms with E-state index in [1.54, 1.807) is 14.0 Å². The van der Waals surface area contributed by atoms with E-state index >= 15 is 0 Å². The Morgan fingerprint density at radius 2 is 2.12 bits per heavy atom. The van der Waals surface area contributed by atoms with E-state index in [0.717, 1.165) is 29.0 Å². The Morgan fingerprint density at radius 3 is 2.69 bits per heavy atom. The molecule has 1 aromatic carbocycles. The first-order valence-corrected chi connectivity index (χ1v) is 5.51. The molecule has 1 N–H and O–H groups in total. The summed E-state index contributed by atoms with van der Waals surface area (Å²) in [5.74, 6) is 1.52. The van der Waals surface area contributed by atoms with Crippen molar-refractivity contribution in [3.8, 4) is 11.5 Å². The number of methoxy groups -OCH3 is 1. The van der Waals surface area contributed by atoms with Crippen molar-refractivity contribution in [1.82, 2.24) is 0 Å². The summed E-state index contributed by atoms with van der Waals surface area (Å²) in [6.07, 6.45) is 0.330. The van der Waals surface area contributed by atoms with Crippen molar-refractivity contribution in [1.29, 1.82) is 0 Å². The van der Waals surface area contributed by atoms with Crippen LogP contribution in [0.4, 0.5) is 0 Å². The first-order chi connectivity index (χ1) is 7.44. The van der Waals surface area contributed by atoms with Gasteiger partial charge in [0.15, 0.2) is 11.5 Å². The van der Waals surface area contributed by atoms with Gasteiger partial charge in [-0.05, 0) is 32.4 Å². The summed E-state index contributed by atoms with van der Waals surface area (Å²) >= 11 is 0. The van der Waals surface area contributed by atoms with Crippen molar-refractivity contribution < 1.29 is 14.6 Å². The van der Waals surface area contributed by atoms with E-state index < -0.39 is 6.10 Å². The molecule has 1 aliphatic rings. The van der Waals surface area contributed by atoms with Crippen LogP contribution in [0.15, 0.2) is 12.1 Å². The third-order valence-corrected chi connectivity index (χ3v) is 2.91. The molecule has 16 heavy (non-hydrogen) atoms. The predicted octanol–water partition coefficient (Wildman–Crippen LogP) is 2.46. The SMILES string of the molecule is COc1ccc(C(C)O)c2c1OC(C)(C)C2. The molecule has 2 rings (SSSR count). The number of benzene rings is 1. The molecule has 3 heteroatoms. The van der Waals surface area contributed by atoms with Crippen LogP contribution in [0.3, 0.4) is 0 Å². The largest absolute Gasteiger partial charge is 0.493 e. The van der Waals surface area contributed by atoms with Gasteiger partial charge in [0.2, 0.25) is 0 Å². The first-order valence-electron chi connectivity index (χ1n) is 5.51. The zero-order valence-corrected chi connectivity index (χ0v) is 10.2. The highest BCUT2D eigenvalue weighted by Crippen LogP contribution is 2.44. The van der Waals surface area contributed by atoms with Crippen LogP contribution in [0.1, 0.15) is 38.0 Å². The summed E-state index contributed by atoms with van der Waals surface area (Å²) in [7, 11) is 1.63. The van der Waals surface area contributed by atoms with Crippen LogP contribution in [0.5, 0.6) is 11.5 Å². The van der Waals surface area contributed by atoms with E-state index in [2.05, 4.69) is 0 Å². The summed E-state index contributed by atoms with van der Waals surface area (Å²) in [5, 5.41) is 9.73. The van der Waals surface area contributed by atoms with Gasteiger partial charge < -0.3 is 14.6 Å². The molecule has 0 aromatic heterocycles. The van der Waals surface area contributed by atoms with Gasteiger partial charge in [0, 0.05) is 12.0 Å². The Balaban J connectivity index is 2.55. The van der Waals surface area contributed by atoms with Crippen molar-refractivity contribution >= 4 is 0 Å². The van der Waals surface area contributed by atoms with Crippen molar-refractivity contribution in [2.45, 2.75) is 38.9 Å². The fourth-order valence-corrected chi connectivity index (χ4v) is 2.21. The molecular weight excluding hydrogens is 204 g/mol. The highest BCUT2D eigenvalue weighted by molar-refractivity contribution is 5.54. The second kappa shape index (κ2) is 3.67. The van der Waals surface area contributed by atoms with Crippen LogP contribution in [0.25, 0.3) is 0 Å². The van der Waals surface area contributed by atoms with Gasteiger partial charge in [-0.25, -0.2) is 0 Å². The van der Waals surface area contributed by atoms with E-state index in [4.69, 9.17) is 9.47 Å². The van der Waals surface area contributed by atoms with Gasteiger partial charge >= 0.3 is 0 Å². The van der Waals surface area contributed by atoms with Crippen LogP contribution < -0.4 is 9.47 Å². The Labute approximate surface area is 96.0 Å². The van der Waals surface area contributed by atoms with E-state index in [1.807, 2.05) is 26.0 Å². The Bertz CT molecular complexity index is 408. The van der Waals surface area contributed by atoms with Crippen molar-refractivity contribution in [3.63, 3.8) is 0 Å². The second-order valence-corrected chi connectivity index (χ2v) is 4.88. The maximum absolute atomic E-state index is 9.73. The van der Waals surface area contributed by atoms with E-state index in [0.29, 0.717) is 0 Å². The molecule has 0 saturated heterocycles. The number of fused-ring (bicyclic) bond motifs is 1. The number of ether oxygens (including phenoxy) is 2. The topological polar surface area (TPSA) is 38.7 Å². The molecule has 1 heterocycles. The Hall–Kier alpha value is -1.22. The number of hydrogen-bond acceptors (Lipinski definition) is 3. The van der Waals surface area contributed by atoms with Crippen LogP contribution in [0, 0.1) is 0 Å². The van der Waals surface area contributed by atoms with Crippen LogP contribution in [0.2, 0.25) is 0 Å². The summed E-state index contributed by atoms with van der Waals surface area (Å²) in [4.78, 5) is 0. The molecule has 1 atom stereocenters. The molecule has 0 amide bonds. The van der Waals surface area contributed by atoms with Crippen molar-refractivity contribution in [3.05, 3.63) is 23.3 Å². The Morgan fingerprint density at radius 1 is 1.44 bits per heavy atom. The molecule has 0 radical (unpaired) electrons. The quantitative estimate of drug-likeness (QED) is 0.835. The molecule has 0 bridgehead atoms. The van der Waals surface area contributed by atoms with E-state index in [-0.39, 0.29) is 5.60 Å². The smallest absolute Gasteiger partial charge is 0.165 e. The number of aliphatic hydroxyl groups is 1. The average Bonchev–Trinajstić information content (AvgIpc) is 2.50. The second-order valence-electron chi connectivity index (χ2n) is 4.88. The molecule has 0 spiro atoms. The summed E-state index contributed by atoms with van der Waals surface area (Å²) in [5.41, 5.74) is 1.78. The van der Waals surface area contributed by atoms with Gasteiger partial charge in [0.05, 0.1) is 13.2 Å². The minimum absolute atomic E-state index is 0.222. The van der Waals surface area contributed by atoms with Crippen molar-refractivity contribution in [2.24, 2.45) is 0 Å². The molecule has 88 valence electrons. The molecule has 0 aliphatic carbocycles. The maximum atomic E-state index is 9.73. The van der Waals surface area contributed by atoms with E-state index in [1.165, 1.54) is 0 Å². The lowest BCUT2D eigenvalue weighted by Gasteiger charge is -2.17. The molecule has 3 nitrogen and oxygen atoms in total. The monoisotopic (exact) mass is 222 g/mol. The van der Waals surface area contributed by atoms with Gasteiger partial charge in [-0.3, -0.25) is 0 Å². The van der Waals surface area contributed by atoms with Crippen LogP contribution in [-0.2, 0) is 6.42 Å². The van der Waals surface area contributed by atoms with Gasteiger partial charge in [-0.1, -0.05) is 6.07 Å². The molecule has 0 saturated carbocycles. The normalized spacial score (nSPS) is 18.8. The van der Waals surface area contributed by atoms with E-state index in [9.17, 15) is 5.11 Å². The van der Waals surface area contributed by atoms with Crippen LogP contribution >= 0.6 is 0 Å². The highest BCUT2D eigenvalue weighted by Gasteiger charge is 2.34. The first kappa shape index (κ1) is 11.3. The van der Waals surface area contributed by atoms with Gasteiger partial charge in [0.1, 0.15) is 5.60 Å². The number of rotatable bonds is 2. The summed E-state index contributed by atoms with van der Waals surface area (Å²) in [6, 6.07) is 3.76. The zero-order chi connectivity index (χ0) is 11.9. The maximum Gasteiger partial charge on any atom is 0.165 e. The van der Waals surface area contributed by atoms with Crippen LogP contribution in [-0.4, -0.2) is 17.8 Å². The molecular formula is C13H18O3. The Kier molecular flexibility index (Phi) is 2.58. The minimum Gasteiger partial charge on any atom is -0.493 e. The molecule has 1 aromatic rings. The summed E-state index contributed by atoms with van der Waals surface area (Å²) in [6.45, 7) is 5.85. The number of aliphatic hydroxyl groups excluding tert-OH is 1. The molecule has 1 aliphatic heterocycles. The third kappa shape index (κ3) is 1.76. The highest BCUT2D eigenvalue weighted by atomic mass is 16.5. The lowest BCUT2D eigenvalue weighted by molar-refractivity contribution is 0.134. The standard InChI is InChI=1S/C13H18O3/c1-8(14)9-5-6-11(15-4)12-10(9)7-13(2,3)16-12/h5-6,8,14H,7H2,1-4H3. The summed E-state index contributed by atoms with van der Waals surface area (Å²) < 4.78 is 11.1. The van der Waals surface area contributed by atoms with Gasteiger partial charge in [0.25, 0.3) is 0 Å². The lowest BCUT2D eigenvalue weighted by Crippen LogP contribution is -2.25. The fourth-order valence-electron chi connectivity index (χ4n) is 2.21. The molecule has 1 unspecified atom stereocenters. The third-order valence-electron chi connectivity index (χ3n) is 2.91. The average molecular weight is 222 g/mol. The molecule has 0 fully saturated rings. The number of hydrogen-bond donors (Lipinski definition) is 1. The van der Waals surface area contributed by atoms with Gasteiger partial charge in [-0.2, -0.15) is 0 Å². The van der Waals surface area contributed by atoms with Crippen molar-refractivity contribution in [2.75, 3.05) is 7.11 Å². The van der Waals surface area contributed by atoms with Gasteiger partial charge in [-0.15, -0.1) is 0 Å². The minimum atomic E-state index is -0.475. The predicted molar refractivity (Wildman–Crippen MR) is 62.0 cm³/mol. The zero-order valence-electron chi connectivity index (χ0n) is 10.2.